The highest BCUT2D eigenvalue weighted by atomic mass is 16.5. The average Bonchev–Trinajstić information content (AvgIpc) is 3.24. The molecule has 0 saturated heterocycles. The fraction of sp³-hybridized carbons (Fsp3) is 0.350. The van der Waals surface area contributed by atoms with E-state index in [0.717, 1.165) is 24.1 Å². The van der Waals surface area contributed by atoms with Gasteiger partial charge in [-0.1, -0.05) is 6.07 Å². The van der Waals surface area contributed by atoms with Gasteiger partial charge in [-0.3, -0.25) is 9.59 Å². The highest BCUT2D eigenvalue weighted by Crippen LogP contribution is 2.30. The molecule has 0 aliphatic carbocycles. The summed E-state index contributed by atoms with van der Waals surface area (Å²) in [4.78, 5) is 38.1. The van der Waals surface area contributed by atoms with E-state index in [1.165, 1.54) is 13.4 Å². The lowest BCUT2D eigenvalue weighted by Gasteiger charge is -2.30. The smallest absolute Gasteiger partial charge is 0.338 e. The number of anilines is 1. The van der Waals surface area contributed by atoms with E-state index in [0.29, 0.717) is 31.5 Å². The van der Waals surface area contributed by atoms with Crippen LogP contribution in [0.2, 0.25) is 0 Å². The summed E-state index contributed by atoms with van der Waals surface area (Å²) in [5, 5.41) is 2.73. The average molecular weight is 370 g/mol. The number of amides is 2. The Morgan fingerprint density at radius 3 is 2.81 bits per heavy atom. The van der Waals surface area contributed by atoms with Crippen LogP contribution < -0.4 is 10.2 Å². The molecular weight excluding hydrogens is 348 g/mol. The number of nitrogens with zero attached hydrogens (tertiary/aromatic N) is 1. The molecule has 0 fully saturated rings. The van der Waals surface area contributed by atoms with Crippen LogP contribution in [0, 0.1) is 0 Å². The maximum Gasteiger partial charge on any atom is 0.338 e. The molecule has 2 aromatic rings. The Morgan fingerprint density at radius 2 is 2.07 bits per heavy atom. The normalized spacial score (nSPS) is 13.0. The van der Waals surface area contributed by atoms with Gasteiger partial charge in [0.05, 0.1) is 18.9 Å². The summed E-state index contributed by atoms with van der Waals surface area (Å²) in [5.41, 5.74) is 2.14. The number of carbonyl (C=O) groups excluding carboxylic acids is 3. The Labute approximate surface area is 157 Å². The van der Waals surface area contributed by atoms with Crippen LogP contribution in [0.4, 0.5) is 5.69 Å². The largest absolute Gasteiger partial charge is 0.465 e. The van der Waals surface area contributed by atoms with E-state index in [-0.39, 0.29) is 23.5 Å². The van der Waals surface area contributed by atoms with Crippen molar-refractivity contribution in [3.8, 4) is 0 Å². The predicted octanol–water partition coefficient (Wildman–Crippen LogP) is 2.56. The van der Waals surface area contributed by atoms with Gasteiger partial charge < -0.3 is 19.4 Å². The third-order valence-electron chi connectivity index (χ3n) is 4.55. The zero-order valence-corrected chi connectivity index (χ0v) is 15.2. The molecule has 2 heterocycles. The van der Waals surface area contributed by atoms with E-state index in [9.17, 15) is 14.4 Å². The molecule has 1 aromatic carbocycles. The molecule has 1 aliphatic rings. The van der Waals surface area contributed by atoms with Gasteiger partial charge in [0.1, 0.15) is 0 Å². The van der Waals surface area contributed by atoms with Crippen LogP contribution in [0.3, 0.4) is 0 Å². The highest BCUT2D eigenvalue weighted by Gasteiger charge is 2.26. The molecule has 0 radical (unpaired) electrons. The van der Waals surface area contributed by atoms with Gasteiger partial charge in [0, 0.05) is 25.2 Å². The van der Waals surface area contributed by atoms with Crippen LogP contribution in [-0.4, -0.2) is 38.0 Å². The molecular formula is C20H22N2O5. The third-order valence-corrected chi connectivity index (χ3v) is 4.55. The van der Waals surface area contributed by atoms with Crippen molar-refractivity contribution in [1.29, 1.82) is 0 Å². The van der Waals surface area contributed by atoms with Gasteiger partial charge in [0.25, 0.3) is 5.91 Å². The van der Waals surface area contributed by atoms with Crippen LogP contribution in [-0.2, 0) is 16.0 Å². The summed E-state index contributed by atoms with van der Waals surface area (Å²) in [6.45, 7) is 1.00. The van der Waals surface area contributed by atoms with Gasteiger partial charge in [-0.2, -0.15) is 0 Å². The van der Waals surface area contributed by atoms with Crippen LogP contribution in [0.15, 0.2) is 41.0 Å². The number of esters is 1. The van der Waals surface area contributed by atoms with Crippen molar-refractivity contribution in [2.45, 2.75) is 25.7 Å². The molecule has 7 nitrogen and oxygen atoms in total. The second-order valence-corrected chi connectivity index (χ2v) is 6.28. The van der Waals surface area contributed by atoms with E-state index in [1.807, 2.05) is 6.07 Å². The van der Waals surface area contributed by atoms with E-state index in [4.69, 9.17) is 9.15 Å². The lowest BCUT2D eigenvalue weighted by molar-refractivity contribution is -0.118. The number of methoxy groups -OCH3 is 1. The Hall–Kier alpha value is -3.09. The number of rotatable bonds is 6. The first-order chi connectivity index (χ1) is 13.1. The molecule has 0 unspecified atom stereocenters. The van der Waals surface area contributed by atoms with E-state index in [2.05, 4.69) is 5.32 Å². The molecule has 2 amide bonds. The third kappa shape index (κ3) is 4.19. The minimum atomic E-state index is -0.387. The van der Waals surface area contributed by atoms with Gasteiger partial charge in [0.15, 0.2) is 5.76 Å². The Morgan fingerprint density at radius 1 is 1.22 bits per heavy atom. The lowest BCUT2D eigenvalue weighted by atomic mass is 9.96. The maximum atomic E-state index is 12.7. The lowest BCUT2D eigenvalue weighted by Crippen LogP contribution is -2.36. The van der Waals surface area contributed by atoms with Gasteiger partial charge in [-0.15, -0.1) is 0 Å². The summed E-state index contributed by atoms with van der Waals surface area (Å²) < 4.78 is 9.86. The minimum absolute atomic E-state index is 0.0230. The second-order valence-electron chi connectivity index (χ2n) is 6.28. The number of furan rings is 1. The Bertz CT molecular complexity index is 829. The monoisotopic (exact) mass is 370 g/mol. The molecule has 0 spiro atoms. The molecule has 0 saturated carbocycles. The zero-order valence-electron chi connectivity index (χ0n) is 15.2. The van der Waals surface area contributed by atoms with Crippen LogP contribution in [0.5, 0.6) is 0 Å². The number of fused-ring (bicyclic) bond motifs is 1. The second kappa shape index (κ2) is 8.53. The van der Waals surface area contributed by atoms with E-state index in [1.54, 1.807) is 29.2 Å². The fourth-order valence-electron chi connectivity index (χ4n) is 3.26. The van der Waals surface area contributed by atoms with Crippen molar-refractivity contribution < 1.29 is 23.5 Å². The van der Waals surface area contributed by atoms with E-state index < -0.39 is 0 Å². The fourth-order valence-corrected chi connectivity index (χ4v) is 3.26. The molecule has 3 rings (SSSR count). The summed E-state index contributed by atoms with van der Waals surface area (Å²) >= 11 is 0. The molecule has 27 heavy (non-hydrogen) atoms. The summed E-state index contributed by atoms with van der Waals surface area (Å²) in [6, 6.07) is 8.58. The summed E-state index contributed by atoms with van der Waals surface area (Å²) in [7, 11) is 1.35. The minimum Gasteiger partial charge on any atom is -0.465 e. The first kappa shape index (κ1) is 18.7. The van der Waals surface area contributed by atoms with Gasteiger partial charge in [-0.05, 0) is 49.1 Å². The van der Waals surface area contributed by atoms with E-state index >= 15 is 0 Å². The Balaban J connectivity index is 1.58. The van der Waals surface area contributed by atoms with Crippen molar-refractivity contribution in [3.05, 3.63) is 53.5 Å². The van der Waals surface area contributed by atoms with Gasteiger partial charge >= 0.3 is 5.97 Å². The van der Waals surface area contributed by atoms with Crippen molar-refractivity contribution in [1.82, 2.24) is 5.32 Å². The number of ether oxygens (including phenoxy) is 1. The first-order valence-corrected chi connectivity index (χ1v) is 8.94. The summed E-state index contributed by atoms with van der Waals surface area (Å²) in [5.74, 6) is -0.452. The number of hydrogen-bond donors (Lipinski definition) is 1. The molecule has 0 atom stereocenters. The van der Waals surface area contributed by atoms with Crippen LogP contribution >= 0.6 is 0 Å². The van der Waals surface area contributed by atoms with Crippen LogP contribution in [0.1, 0.15) is 45.7 Å². The highest BCUT2D eigenvalue weighted by molar-refractivity contribution is 5.99. The topological polar surface area (TPSA) is 88.9 Å². The molecule has 0 bridgehead atoms. The zero-order chi connectivity index (χ0) is 19.2. The van der Waals surface area contributed by atoms with Crippen molar-refractivity contribution in [2.75, 3.05) is 25.1 Å². The molecule has 1 N–H and O–H groups in total. The quantitative estimate of drug-likeness (QED) is 0.624. The standard InChI is InChI=1S/C20H22N2O5/c1-26-20(25)15-6-2-8-16-14(15)7-4-12-22(16)18(23)10-3-11-21-19(24)17-9-5-13-27-17/h2,5-6,8-9,13H,3-4,7,10-12H2,1H3,(H,21,24). The molecule has 1 aliphatic heterocycles. The number of hydrogen-bond acceptors (Lipinski definition) is 5. The molecule has 1 aromatic heterocycles. The Kier molecular flexibility index (Phi) is 5.90. The van der Waals surface area contributed by atoms with Crippen molar-refractivity contribution in [2.24, 2.45) is 0 Å². The summed E-state index contributed by atoms with van der Waals surface area (Å²) in [6.07, 6.45) is 3.80. The molecule has 142 valence electrons. The number of nitrogens with one attached hydrogen (secondary N) is 1. The number of carbonyl (C=O) groups is 3. The SMILES string of the molecule is COC(=O)c1cccc2c1CCCN2C(=O)CCCNC(=O)c1ccco1. The van der Waals surface area contributed by atoms with Crippen molar-refractivity contribution in [3.63, 3.8) is 0 Å². The maximum absolute atomic E-state index is 12.7. The first-order valence-electron chi connectivity index (χ1n) is 8.94. The predicted molar refractivity (Wildman–Crippen MR) is 98.7 cm³/mol. The van der Waals surface area contributed by atoms with Crippen molar-refractivity contribution >= 4 is 23.5 Å². The molecule has 7 heteroatoms. The van der Waals surface area contributed by atoms with Gasteiger partial charge in [0.2, 0.25) is 5.91 Å². The van der Waals surface area contributed by atoms with Gasteiger partial charge in [-0.25, -0.2) is 4.79 Å². The van der Waals surface area contributed by atoms with Crippen LogP contribution in [0.25, 0.3) is 0 Å². The number of benzene rings is 1.